The van der Waals surface area contributed by atoms with E-state index in [0.717, 1.165) is 29.5 Å². The summed E-state index contributed by atoms with van der Waals surface area (Å²) in [5, 5.41) is 2.98. The molecule has 0 unspecified atom stereocenters. The quantitative estimate of drug-likeness (QED) is 0.391. The van der Waals surface area contributed by atoms with Crippen molar-refractivity contribution in [1.29, 1.82) is 0 Å². The molecule has 0 aliphatic heterocycles. The monoisotopic (exact) mass is 463 g/mol. The Balaban J connectivity index is 1.60. The summed E-state index contributed by atoms with van der Waals surface area (Å²) in [6.07, 6.45) is -4.53. The SMILES string of the molecule is COc1cccc(CNC(=O)Cc2cc(=O)[nH]c(SCc3cccc(C(F)(F)F)c3)n2)c1. The van der Waals surface area contributed by atoms with E-state index in [1.54, 1.807) is 25.3 Å². The van der Waals surface area contributed by atoms with Gasteiger partial charge in [-0.05, 0) is 29.3 Å². The lowest BCUT2D eigenvalue weighted by Crippen LogP contribution is -2.25. The van der Waals surface area contributed by atoms with Crippen LogP contribution in [0.5, 0.6) is 5.75 Å². The number of ether oxygens (including phenoxy) is 1. The fraction of sp³-hybridized carbons (Fsp3) is 0.227. The summed E-state index contributed by atoms with van der Waals surface area (Å²) in [4.78, 5) is 31.0. The number of nitrogens with one attached hydrogen (secondary N) is 2. The topological polar surface area (TPSA) is 84.1 Å². The molecule has 2 aromatic carbocycles. The van der Waals surface area contributed by atoms with Gasteiger partial charge in [0.1, 0.15) is 5.75 Å². The van der Waals surface area contributed by atoms with Crippen molar-refractivity contribution < 1.29 is 22.7 Å². The molecule has 2 N–H and O–H groups in total. The molecule has 168 valence electrons. The van der Waals surface area contributed by atoms with Gasteiger partial charge >= 0.3 is 6.18 Å². The van der Waals surface area contributed by atoms with Crippen LogP contribution in [0, 0.1) is 0 Å². The van der Waals surface area contributed by atoms with Gasteiger partial charge in [0, 0.05) is 18.4 Å². The van der Waals surface area contributed by atoms with Gasteiger partial charge in [-0.1, -0.05) is 42.1 Å². The van der Waals surface area contributed by atoms with Gasteiger partial charge in [0.2, 0.25) is 5.91 Å². The van der Waals surface area contributed by atoms with E-state index in [0.29, 0.717) is 11.3 Å². The second-order valence-corrected chi connectivity index (χ2v) is 7.80. The molecule has 1 amide bonds. The van der Waals surface area contributed by atoms with E-state index in [1.807, 2.05) is 12.1 Å². The molecular formula is C22H20F3N3O3S. The van der Waals surface area contributed by atoms with Crippen molar-refractivity contribution in [2.24, 2.45) is 0 Å². The number of alkyl halides is 3. The van der Waals surface area contributed by atoms with Crippen LogP contribution in [0.1, 0.15) is 22.4 Å². The van der Waals surface area contributed by atoms with Gasteiger partial charge in [-0.15, -0.1) is 0 Å². The zero-order chi connectivity index (χ0) is 23.1. The van der Waals surface area contributed by atoms with E-state index in [2.05, 4.69) is 15.3 Å². The highest BCUT2D eigenvalue weighted by Crippen LogP contribution is 2.30. The van der Waals surface area contributed by atoms with Crippen LogP contribution in [0.4, 0.5) is 13.2 Å². The molecule has 0 fully saturated rings. The number of nitrogens with zero attached hydrogens (tertiary/aromatic N) is 1. The number of rotatable bonds is 8. The third kappa shape index (κ3) is 6.88. The Kier molecular flexibility index (Phi) is 7.57. The van der Waals surface area contributed by atoms with Crippen molar-refractivity contribution >= 4 is 17.7 Å². The van der Waals surface area contributed by atoms with Crippen LogP contribution < -0.4 is 15.6 Å². The molecule has 10 heteroatoms. The molecule has 1 aromatic heterocycles. The third-order valence-corrected chi connectivity index (χ3v) is 5.31. The van der Waals surface area contributed by atoms with Gasteiger partial charge in [0.25, 0.3) is 5.56 Å². The Morgan fingerprint density at radius 3 is 2.62 bits per heavy atom. The number of amides is 1. The van der Waals surface area contributed by atoms with Gasteiger partial charge < -0.3 is 15.0 Å². The van der Waals surface area contributed by atoms with Gasteiger partial charge in [0.15, 0.2) is 5.16 Å². The van der Waals surface area contributed by atoms with E-state index in [-0.39, 0.29) is 35.5 Å². The summed E-state index contributed by atoms with van der Waals surface area (Å²) in [7, 11) is 1.55. The molecule has 3 aromatic rings. The Labute approximate surface area is 186 Å². The highest BCUT2D eigenvalue weighted by molar-refractivity contribution is 7.98. The molecule has 0 bridgehead atoms. The van der Waals surface area contributed by atoms with Crippen LogP contribution in [0.25, 0.3) is 0 Å². The molecule has 0 saturated heterocycles. The van der Waals surface area contributed by atoms with Crippen LogP contribution in [-0.4, -0.2) is 23.0 Å². The minimum absolute atomic E-state index is 0.106. The molecule has 3 rings (SSSR count). The maximum Gasteiger partial charge on any atom is 0.416 e. The predicted octanol–water partition coefficient (Wildman–Crippen LogP) is 3.95. The van der Waals surface area contributed by atoms with Crippen LogP contribution >= 0.6 is 11.8 Å². The first-order valence-corrected chi connectivity index (χ1v) is 10.5. The Hall–Kier alpha value is -3.27. The lowest BCUT2D eigenvalue weighted by Gasteiger charge is -2.09. The lowest BCUT2D eigenvalue weighted by atomic mass is 10.1. The summed E-state index contributed by atoms with van der Waals surface area (Å²) in [5.74, 6) is 0.536. The number of carbonyl (C=O) groups excluding carboxylic acids is 1. The fourth-order valence-electron chi connectivity index (χ4n) is 2.84. The van der Waals surface area contributed by atoms with E-state index in [4.69, 9.17) is 4.74 Å². The number of hydrogen-bond acceptors (Lipinski definition) is 5. The van der Waals surface area contributed by atoms with Gasteiger partial charge in [-0.3, -0.25) is 9.59 Å². The Morgan fingerprint density at radius 2 is 1.88 bits per heavy atom. The summed E-state index contributed by atoms with van der Waals surface area (Å²) in [5.41, 5.74) is 0.381. The third-order valence-electron chi connectivity index (χ3n) is 4.37. The van der Waals surface area contributed by atoms with Crippen molar-refractivity contribution in [2.75, 3.05) is 7.11 Å². The molecule has 0 saturated carbocycles. The summed E-state index contributed by atoms with van der Waals surface area (Å²) >= 11 is 1.08. The van der Waals surface area contributed by atoms with E-state index in [1.165, 1.54) is 12.1 Å². The number of carbonyl (C=O) groups is 1. The Morgan fingerprint density at radius 1 is 1.12 bits per heavy atom. The number of benzene rings is 2. The van der Waals surface area contributed by atoms with Crippen molar-refractivity contribution in [3.8, 4) is 5.75 Å². The van der Waals surface area contributed by atoms with Crippen molar-refractivity contribution in [3.63, 3.8) is 0 Å². The zero-order valence-electron chi connectivity index (χ0n) is 17.0. The smallest absolute Gasteiger partial charge is 0.416 e. The van der Waals surface area contributed by atoms with E-state index < -0.39 is 17.3 Å². The average Bonchev–Trinajstić information content (AvgIpc) is 2.76. The normalized spacial score (nSPS) is 11.2. The number of aromatic amines is 1. The second kappa shape index (κ2) is 10.4. The van der Waals surface area contributed by atoms with Crippen LogP contribution in [-0.2, 0) is 29.7 Å². The van der Waals surface area contributed by atoms with Gasteiger partial charge in [-0.25, -0.2) is 4.98 Å². The minimum atomic E-state index is -4.43. The highest BCUT2D eigenvalue weighted by Gasteiger charge is 2.30. The lowest BCUT2D eigenvalue weighted by molar-refractivity contribution is -0.137. The van der Waals surface area contributed by atoms with Gasteiger partial charge in [0.05, 0.1) is 24.8 Å². The summed E-state index contributed by atoms with van der Waals surface area (Å²) < 4.78 is 43.7. The minimum Gasteiger partial charge on any atom is -0.497 e. The molecular weight excluding hydrogens is 443 g/mol. The standard InChI is InChI=1S/C22H20F3N3O3S/c1-31-18-7-3-4-14(9-18)12-26-19(29)10-17-11-20(30)28-21(27-17)32-13-15-5-2-6-16(8-15)22(23,24)25/h2-9,11H,10,12-13H2,1H3,(H,26,29)(H,27,28,30). The van der Waals surface area contributed by atoms with E-state index in [9.17, 15) is 22.8 Å². The first kappa shape index (κ1) is 23.4. The number of halogens is 3. The second-order valence-electron chi connectivity index (χ2n) is 6.83. The van der Waals surface area contributed by atoms with E-state index >= 15 is 0 Å². The predicted molar refractivity (Wildman–Crippen MR) is 114 cm³/mol. The molecule has 1 heterocycles. The molecule has 6 nitrogen and oxygen atoms in total. The number of methoxy groups -OCH3 is 1. The van der Waals surface area contributed by atoms with Crippen molar-refractivity contribution in [3.05, 3.63) is 87.3 Å². The molecule has 0 aliphatic carbocycles. The largest absolute Gasteiger partial charge is 0.497 e. The summed E-state index contributed by atoms with van der Waals surface area (Å²) in [6, 6.07) is 13.4. The maximum absolute atomic E-state index is 12.9. The highest BCUT2D eigenvalue weighted by atomic mass is 32.2. The Bertz CT molecular complexity index is 1150. The number of aromatic nitrogens is 2. The molecule has 0 radical (unpaired) electrons. The van der Waals surface area contributed by atoms with Gasteiger partial charge in [-0.2, -0.15) is 13.2 Å². The number of H-pyrrole nitrogens is 1. The molecule has 32 heavy (non-hydrogen) atoms. The van der Waals surface area contributed by atoms with Crippen LogP contribution in [0.3, 0.4) is 0 Å². The molecule has 0 aliphatic rings. The number of thioether (sulfide) groups is 1. The molecule has 0 atom stereocenters. The van der Waals surface area contributed by atoms with Crippen LogP contribution in [0.15, 0.2) is 64.5 Å². The van der Waals surface area contributed by atoms with Crippen LogP contribution in [0.2, 0.25) is 0 Å². The molecule has 0 spiro atoms. The summed E-state index contributed by atoms with van der Waals surface area (Å²) in [6.45, 7) is 0.288. The van der Waals surface area contributed by atoms with Crippen molar-refractivity contribution in [1.82, 2.24) is 15.3 Å². The zero-order valence-corrected chi connectivity index (χ0v) is 17.8. The van der Waals surface area contributed by atoms with Crippen molar-refractivity contribution in [2.45, 2.75) is 30.1 Å². The first-order valence-electron chi connectivity index (χ1n) is 9.52. The fourth-order valence-corrected chi connectivity index (χ4v) is 3.68. The maximum atomic E-state index is 12.9. The average molecular weight is 463 g/mol. The number of hydrogen-bond donors (Lipinski definition) is 2. The first-order chi connectivity index (χ1) is 15.2.